The van der Waals surface area contributed by atoms with Gasteiger partial charge in [-0.25, -0.2) is 0 Å². The van der Waals surface area contributed by atoms with Gasteiger partial charge in [0.05, 0.1) is 0 Å². The van der Waals surface area contributed by atoms with Gasteiger partial charge >= 0.3 is 0 Å². The lowest BCUT2D eigenvalue weighted by molar-refractivity contribution is -0.131. The van der Waals surface area contributed by atoms with Gasteiger partial charge < -0.3 is 0 Å². The van der Waals surface area contributed by atoms with E-state index in [2.05, 4.69) is 0 Å². The molecule has 0 radical (unpaired) electrons. The van der Waals surface area contributed by atoms with Crippen LogP contribution in [-0.2, 0) is 9.59 Å². The zero-order valence-electron chi connectivity index (χ0n) is 5.76. The molecule has 0 heterocycles. The van der Waals surface area contributed by atoms with Crippen molar-refractivity contribution in [2.75, 3.05) is 0 Å². The van der Waals surface area contributed by atoms with Gasteiger partial charge in [-0.1, -0.05) is 19.1 Å². The van der Waals surface area contributed by atoms with Crippen LogP contribution in [0.1, 0.15) is 13.3 Å². The summed E-state index contributed by atoms with van der Waals surface area (Å²) in [6.07, 6.45) is 5.22. The molecule has 2 nitrogen and oxygen atoms in total. The molecule has 0 bridgehead atoms. The van der Waals surface area contributed by atoms with Crippen LogP contribution in [-0.4, -0.2) is 11.6 Å². The number of ketones is 2. The Kier molecular flexibility index (Phi) is 1.81. The summed E-state index contributed by atoms with van der Waals surface area (Å²) in [5.74, 6) is -0.760. The SMILES string of the molecule is CCC1=CC=CC(=O)C1=O. The summed E-state index contributed by atoms with van der Waals surface area (Å²) in [4.78, 5) is 21.6. The van der Waals surface area contributed by atoms with Crippen LogP contribution in [0.5, 0.6) is 0 Å². The summed E-state index contributed by atoms with van der Waals surface area (Å²) in [5, 5.41) is 0. The van der Waals surface area contributed by atoms with Crippen LogP contribution in [0.4, 0.5) is 0 Å². The molecular weight excluding hydrogens is 128 g/mol. The predicted octanol–water partition coefficient (Wildman–Crippen LogP) is 1.03. The molecule has 0 saturated heterocycles. The highest BCUT2D eigenvalue weighted by Crippen LogP contribution is 2.07. The molecule has 0 aliphatic heterocycles. The van der Waals surface area contributed by atoms with Crippen LogP contribution in [0.2, 0.25) is 0 Å². The van der Waals surface area contributed by atoms with E-state index in [-0.39, 0.29) is 5.78 Å². The molecule has 0 spiro atoms. The predicted molar refractivity (Wildman–Crippen MR) is 37.5 cm³/mol. The summed E-state index contributed by atoms with van der Waals surface area (Å²) in [7, 11) is 0. The second kappa shape index (κ2) is 2.60. The molecule has 52 valence electrons. The first-order valence-electron chi connectivity index (χ1n) is 3.21. The van der Waals surface area contributed by atoms with E-state index < -0.39 is 5.78 Å². The van der Waals surface area contributed by atoms with Crippen LogP contribution in [0.3, 0.4) is 0 Å². The van der Waals surface area contributed by atoms with Gasteiger partial charge in [0.2, 0.25) is 11.6 Å². The quantitative estimate of drug-likeness (QED) is 0.398. The first-order chi connectivity index (χ1) is 4.75. The van der Waals surface area contributed by atoms with Crippen molar-refractivity contribution < 1.29 is 9.59 Å². The van der Waals surface area contributed by atoms with Gasteiger partial charge in [0.25, 0.3) is 0 Å². The topological polar surface area (TPSA) is 34.1 Å². The van der Waals surface area contributed by atoms with Gasteiger partial charge in [-0.2, -0.15) is 0 Å². The van der Waals surface area contributed by atoms with Crippen LogP contribution in [0.25, 0.3) is 0 Å². The molecule has 1 rings (SSSR count). The largest absolute Gasteiger partial charge is 0.286 e. The fourth-order valence-corrected chi connectivity index (χ4v) is 0.840. The van der Waals surface area contributed by atoms with Gasteiger partial charge in [0.15, 0.2) is 0 Å². The molecule has 0 saturated carbocycles. The molecule has 0 unspecified atom stereocenters. The number of hydrogen-bond donors (Lipinski definition) is 0. The highest BCUT2D eigenvalue weighted by atomic mass is 16.2. The zero-order chi connectivity index (χ0) is 7.56. The maximum absolute atomic E-state index is 10.9. The monoisotopic (exact) mass is 136 g/mol. The van der Waals surface area contributed by atoms with Crippen molar-refractivity contribution in [1.29, 1.82) is 0 Å². The minimum absolute atomic E-state index is 0.356. The van der Waals surface area contributed by atoms with Crippen molar-refractivity contribution in [3.05, 3.63) is 23.8 Å². The van der Waals surface area contributed by atoms with Gasteiger partial charge in [-0.3, -0.25) is 9.59 Å². The van der Waals surface area contributed by atoms with Gasteiger partial charge in [0, 0.05) is 5.57 Å². The summed E-state index contributed by atoms with van der Waals surface area (Å²) < 4.78 is 0. The molecule has 1 aliphatic carbocycles. The maximum atomic E-state index is 10.9. The van der Waals surface area contributed by atoms with E-state index in [9.17, 15) is 9.59 Å². The molecule has 0 aromatic carbocycles. The van der Waals surface area contributed by atoms with Crippen LogP contribution in [0, 0.1) is 0 Å². The van der Waals surface area contributed by atoms with Crippen molar-refractivity contribution in [1.82, 2.24) is 0 Å². The Hall–Kier alpha value is -1.18. The van der Waals surface area contributed by atoms with Crippen molar-refractivity contribution in [3.8, 4) is 0 Å². The number of hydrogen-bond acceptors (Lipinski definition) is 2. The van der Waals surface area contributed by atoms with Crippen LogP contribution < -0.4 is 0 Å². The molecular formula is C8H8O2. The van der Waals surface area contributed by atoms with E-state index in [4.69, 9.17) is 0 Å². The van der Waals surface area contributed by atoms with Gasteiger partial charge in [0.1, 0.15) is 0 Å². The third-order valence-corrected chi connectivity index (χ3v) is 1.44. The fraction of sp³-hybridized carbons (Fsp3) is 0.250. The Morgan fingerprint density at radius 1 is 1.40 bits per heavy atom. The molecule has 1 aliphatic rings. The Balaban J connectivity index is 2.92. The van der Waals surface area contributed by atoms with Crippen molar-refractivity contribution in [2.45, 2.75) is 13.3 Å². The molecule has 0 atom stereocenters. The number of allylic oxidation sites excluding steroid dienone is 4. The van der Waals surface area contributed by atoms with Crippen molar-refractivity contribution >= 4 is 11.6 Å². The van der Waals surface area contributed by atoms with E-state index >= 15 is 0 Å². The van der Waals surface area contributed by atoms with E-state index in [1.54, 1.807) is 12.2 Å². The van der Waals surface area contributed by atoms with E-state index in [1.807, 2.05) is 6.92 Å². The van der Waals surface area contributed by atoms with E-state index in [0.29, 0.717) is 12.0 Å². The normalized spacial score (nSPS) is 17.5. The smallest absolute Gasteiger partial charge is 0.228 e. The Bertz CT molecular complexity index is 234. The van der Waals surface area contributed by atoms with Gasteiger partial charge in [-0.05, 0) is 12.5 Å². The maximum Gasteiger partial charge on any atom is 0.228 e. The average molecular weight is 136 g/mol. The standard InChI is InChI=1S/C8H8O2/c1-2-6-4-3-5-7(9)8(6)10/h3-5H,2H2,1H3. The van der Waals surface area contributed by atoms with Gasteiger partial charge in [-0.15, -0.1) is 0 Å². The number of carbonyl (C=O) groups excluding carboxylic acids is 2. The highest BCUT2D eigenvalue weighted by molar-refractivity contribution is 6.48. The highest BCUT2D eigenvalue weighted by Gasteiger charge is 2.16. The molecule has 10 heavy (non-hydrogen) atoms. The fourth-order valence-electron chi connectivity index (χ4n) is 0.840. The minimum Gasteiger partial charge on any atom is -0.286 e. The van der Waals surface area contributed by atoms with E-state index in [0.717, 1.165) is 0 Å². The summed E-state index contributed by atoms with van der Waals surface area (Å²) in [5.41, 5.74) is 0.604. The number of rotatable bonds is 1. The number of carbonyl (C=O) groups is 2. The third kappa shape index (κ3) is 1.05. The molecule has 0 N–H and O–H groups in total. The Labute approximate surface area is 59.2 Å². The Morgan fingerprint density at radius 2 is 2.10 bits per heavy atom. The van der Waals surface area contributed by atoms with Crippen molar-refractivity contribution in [2.24, 2.45) is 0 Å². The average Bonchev–Trinajstić information content (AvgIpc) is 1.95. The molecule has 0 amide bonds. The Morgan fingerprint density at radius 3 is 2.60 bits per heavy atom. The lowest BCUT2D eigenvalue weighted by Gasteiger charge is -2.01. The summed E-state index contributed by atoms with van der Waals surface area (Å²) in [6, 6.07) is 0. The van der Waals surface area contributed by atoms with Crippen LogP contribution >= 0.6 is 0 Å². The molecule has 0 aromatic heterocycles. The minimum atomic E-state index is -0.403. The summed E-state index contributed by atoms with van der Waals surface area (Å²) in [6.45, 7) is 1.86. The lowest BCUT2D eigenvalue weighted by Crippen LogP contribution is -2.15. The first kappa shape index (κ1) is 6.93. The van der Waals surface area contributed by atoms with Crippen LogP contribution in [0.15, 0.2) is 23.8 Å². The zero-order valence-corrected chi connectivity index (χ0v) is 5.76. The second-order valence-electron chi connectivity index (χ2n) is 2.10. The molecule has 0 aromatic rings. The third-order valence-electron chi connectivity index (χ3n) is 1.44. The molecule has 0 fully saturated rings. The van der Waals surface area contributed by atoms with Crippen molar-refractivity contribution in [3.63, 3.8) is 0 Å². The summed E-state index contributed by atoms with van der Waals surface area (Å²) >= 11 is 0. The van der Waals surface area contributed by atoms with E-state index in [1.165, 1.54) is 6.08 Å². The number of Topliss-reactive ketones (excluding diaryl/α,β-unsaturated/α-hetero) is 1. The first-order valence-corrected chi connectivity index (χ1v) is 3.21. The molecule has 2 heteroatoms. The second-order valence-corrected chi connectivity index (χ2v) is 2.10. The lowest BCUT2D eigenvalue weighted by atomic mass is 10.0.